The minimum Gasteiger partial charge on any atom is -0.329 e. The molecule has 106 valence electrons. The summed E-state index contributed by atoms with van der Waals surface area (Å²) in [6, 6.07) is 2.99. The maximum Gasteiger partial charge on any atom is 0.242 e. The van der Waals surface area contributed by atoms with Gasteiger partial charge in [-0.05, 0) is 30.9 Å². The minimum absolute atomic E-state index is 0.175. The van der Waals surface area contributed by atoms with Gasteiger partial charge in [0.1, 0.15) is 4.90 Å². The first kappa shape index (κ1) is 14.4. The number of nitrogens with two attached hydrogens (primary N) is 1. The van der Waals surface area contributed by atoms with E-state index in [1.54, 1.807) is 18.3 Å². The topological polar surface area (TPSA) is 85.1 Å². The quantitative estimate of drug-likeness (QED) is 0.852. The highest BCUT2D eigenvalue weighted by Crippen LogP contribution is 2.26. The van der Waals surface area contributed by atoms with Gasteiger partial charge < -0.3 is 5.73 Å². The van der Waals surface area contributed by atoms with Crippen LogP contribution < -0.4 is 10.5 Å². The van der Waals surface area contributed by atoms with E-state index in [0.29, 0.717) is 12.5 Å². The number of pyridine rings is 1. The van der Waals surface area contributed by atoms with Crippen LogP contribution in [0, 0.1) is 5.92 Å². The molecular formula is C13H21N3O2S. The molecule has 1 unspecified atom stereocenters. The Morgan fingerprint density at radius 3 is 2.68 bits per heavy atom. The van der Waals surface area contributed by atoms with Crippen molar-refractivity contribution < 1.29 is 8.42 Å². The third-order valence-corrected chi connectivity index (χ3v) is 5.20. The number of nitrogens with zero attached hydrogens (tertiary/aromatic N) is 1. The Labute approximate surface area is 114 Å². The van der Waals surface area contributed by atoms with Gasteiger partial charge in [0.05, 0.1) is 0 Å². The fourth-order valence-corrected chi connectivity index (χ4v) is 3.93. The van der Waals surface area contributed by atoms with Crippen molar-refractivity contribution in [3.8, 4) is 0 Å². The van der Waals surface area contributed by atoms with E-state index < -0.39 is 10.0 Å². The van der Waals surface area contributed by atoms with Crippen molar-refractivity contribution in [1.29, 1.82) is 0 Å². The first-order valence-electron chi connectivity index (χ1n) is 6.76. The van der Waals surface area contributed by atoms with Gasteiger partial charge in [0, 0.05) is 25.0 Å². The van der Waals surface area contributed by atoms with Crippen LogP contribution in [0.4, 0.5) is 0 Å². The Balaban J connectivity index is 2.09. The summed E-state index contributed by atoms with van der Waals surface area (Å²) in [4.78, 5) is 4.04. The molecule has 19 heavy (non-hydrogen) atoms. The maximum atomic E-state index is 12.2. The fraction of sp³-hybridized carbons (Fsp3) is 0.615. The third kappa shape index (κ3) is 3.75. The molecule has 1 aliphatic rings. The number of rotatable bonds is 5. The first-order chi connectivity index (χ1) is 9.13. The summed E-state index contributed by atoms with van der Waals surface area (Å²) >= 11 is 0. The van der Waals surface area contributed by atoms with E-state index in [1.165, 1.54) is 12.6 Å². The van der Waals surface area contributed by atoms with Gasteiger partial charge in [-0.3, -0.25) is 4.98 Å². The molecule has 5 nitrogen and oxygen atoms in total. The second-order valence-corrected chi connectivity index (χ2v) is 6.76. The molecule has 1 saturated carbocycles. The Kier molecular flexibility index (Phi) is 4.90. The van der Waals surface area contributed by atoms with Crippen LogP contribution in [-0.2, 0) is 10.0 Å². The van der Waals surface area contributed by atoms with Gasteiger partial charge in [-0.25, -0.2) is 13.1 Å². The molecule has 0 amide bonds. The van der Waals surface area contributed by atoms with Crippen LogP contribution in [0.15, 0.2) is 29.4 Å². The predicted molar refractivity (Wildman–Crippen MR) is 74.0 cm³/mol. The van der Waals surface area contributed by atoms with Crippen LogP contribution in [0.1, 0.15) is 32.1 Å². The third-order valence-electron chi connectivity index (χ3n) is 3.72. The van der Waals surface area contributed by atoms with Gasteiger partial charge in [-0.2, -0.15) is 0 Å². The zero-order chi connectivity index (χ0) is 13.7. The molecule has 1 aliphatic carbocycles. The molecule has 0 aliphatic heterocycles. The lowest BCUT2D eigenvalue weighted by molar-refractivity contribution is 0.294. The van der Waals surface area contributed by atoms with Crippen LogP contribution in [0.25, 0.3) is 0 Å². The molecule has 3 N–H and O–H groups in total. The predicted octanol–water partition coefficient (Wildman–Crippen LogP) is 1.27. The summed E-state index contributed by atoms with van der Waals surface area (Å²) in [6.45, 7) is 0.337. The molecule has 1 aromatic heterocycles. The molecule has 0 aromatic carbocycles. The number of hydrogen-bond donors (Lipinski definition) is 2. The van der Waals surface area contributed by atoms with Crippen molar-refractivity contribution in [3.63, 3.8) is 0 Å². The van der Waals surface area contributed by atoms with Crippen molar-refractivity contribution in [1.82, 2.24) is 9.71 Å². The van der Waals surface area contributed by atoms with Crippen LogP contribution in [-0.4, -0.2) is 26.0 Å². The Hall–Kier alpha value is -0.980. The van der Waals surface area contributed by atoms with E-state index in [2.05, 4.69) is 9.71 Å². The summed E-state index contributed by atoms with van der Waals surface area (Å²) in [6.07, 6.45) is 8.58. The van der Waals surface area contributed by atoms with Crippen molar-refractivity contribution in [2.75, 3.05) is 6.54 Å². The Bertz CT molecular complexity index is 484. The average Bonchev–Trinajstić information content (AvgIpc) is 2.47. The molecule has 0 bridgehead atoms. The van der Waals surface area contributed by atoms with Gasteiger partial charge in [0.15, 0.2) is 0 Å². The Morgan fingerprint density at radius 2 is 2.11 bits per heavy atom. The normalized spacial score (nSPS) is 19.2. The summed E-state index contributed by atoms with van der Waals surface area (Å²) in [7, 11) is -3.51. The number of aromatic nitrogens is 1. The smallest absolute Gasteiger partial charge is 0.242 e. The van der Waals surface area contributed by atoms with E-state index in [1.807, 2.05) is 0 Å². The number of sulfonamides is 1. The van der Waals surface area contributed by atoms with E-state index in [9.17, 15) is 8.42 Å². The molecule has 0 radical (unpaired) electrons. The van der Waals surface area contributed by atoms with Crippen LogP contribution in [0.5, 0.6) is 0 Å². The standard InChI is InChI=1S/C13H21N3O2S/c14-9-13(11-5-2-1-3-6-11)16-19(17,18)12-7-4-8-15-10-12/h4,7-8,10-11,13,16H,1-3,5-6,9,14H2. The maximum absolute atomic E-state index is 12.2. The lowest BCUT2D eigenvalue weighted by atomic mass is 9.84. The lowest BCUT2D eigenvalue weighted by Crippen LogP contribution is -2.45. The van der Waals surface area contributed by atoms with Crippen molar-refractivity contribution in [2.24, 2.45) is 11.7 Å². The minimum atomic E-state index is -3.51. The van der Waals surface area contributed by atoms with Crippen LogP contribution in [0.3, 0.4) is 0 Å². The molecule has 6 heteroatoms. The summed E-state index contributed by atoms with van der Waals surface area (Å²) in [5.74, 6) is 0.352. The number of hydrogen-bond acceptors (Lipinski definition) is 4. The SMILES string of the molecule is NCC(NS(=O)(=O)c1cccnc1)C1CCCCC1. The second-order valence-electron chi connectivity index (χ2n) is 5.05. The van der Waals surface area contributed by atoms with Crippen LogP contribution in [0.2, 0.25) is 0 Å². The summed E-state index contributed by atoms with van der Waals surface area (Å²) in [5, 5.41) is 0. The number of nitrogens with one attached hydrogen (secondary N) is 1. The van der Waals surface area contributed by atoms with Crippen molar-refractivity contribution in [3.05, 3.63) is 24.5 Å². The van der Waals surface area contributed by atoms with E-state index in [0.717, 1.165) is 25.7 Å². The van der Waals surface area contributed by atoms with Gasteiger partial charge in [0.25, 0.3) is 0 Å². The summed E-state index contributed by atoms with van der Waals surface area (Å²) < 4.78 is 27.2. The molecule has 1 fully saturated rings. The molecule has 0 saturated heterocycles. The first-order valence-corrected chi connectivity index (χ1v) is 8.24. The van der Waals surface area contributed by atoms with Crippen LogP contribution >= 0.6 is 0 Å². The highest BCUT2D eigenvalue weighted by Gasteiger charge is 2.27. The molecule has 1 atom stereocenters. The largest absolute Gasteiger partial charge is 0.329 e. The zero-order valence-electron chi connectivity index (χ0n) is 11.0. The van der Waals surface area contributed by atoms with E-state index in [-0.39, 0.29) is 10.9 Å². The molecule has 0 spiro atoms. The molecular weight excluding hydrogens is 262 g/mol. The van der Waals surface area contributed by atoms with Gasteiger partial charge >= 0.3 is 0 Å². The second kappa shape index (κ2) is 6.45. The van der Waals surface area contributed by atoms with E-state index >= 15 is 0 Å². The average molecular weight is 283 g/mol. The van der Waals surface area contributed by atoms with Crippen molar-refractivity contribution in [2.45, 2.75) is 43.0 Å². The molecule has 1 aromatic rings. The highest BCUT2D eigenvalue weighted by atomic mass is 32.2. The lowest BCUT2D eigenvalue weighted by Gasteiger charge is -2.29. The molecule has 1 heterocycles. The van der Waals surface area contributed by atoms with E-state index in [4.69, 9.17) is 5.73 Å². The van der Waals surface area contributed by atoms with Crippen molar-refractivity contribution >= 4 is 10.0 Å². The fourth-order valence-electron chi connectivity index (χ4n) is 2.65. The van der Waals surface area contributed by atoms with Gasteiger partial charge in [-0.1, -0.05) is 19.3 Å². The van der Waals surface area contributed by atoms with Gasteiger partial charge in [-0.15, -0.1) is 0 Å². The summed E-state index contributed by atoms with van der Waals surface area (Å²) in [5.41, 5.74) is 5.75. The zero-order valence-corrected chi connectivity index (χ0v) is 11.8. The monoisotopic (exact) mass is 283 g/mol. The highest BCUT2D eigenvalue weighted by molar-refractivity contribution is 7.89. The molecule has 2 rings (SSSR count). The van der Waals surface area contributed by atoms with Gasteiger partial charge in [0.2, 0.25) is 10.0 Å². The Morgan fingerprint density at radius 1 is 1.37 bits per heavy atom.